The zero-order valence-electron chi connectivity index (χ0n) is 10.6. The molecule has 0 spiro atoms. The second kappa shape index (κ2) is 5.91. The number of rotatable bonds is 4. The van der Waals surface area contributed by atoms with E-state index in [1.807, 2.05) is 0 Å². The van der Waals surface area contributed by atoms with Crippen molar-refractivity contribution in [1.82, 2.24) is 0 Å². The van der Waals surface area contributed by atoms with Gasteiger partial charge in [-0.25, -0.2) is 0 Å². The van der Waals surface area contributed by atoms with Crippen molar-refractivity contribution in [2.75, 3.05) is 12.4 Å². The predicted molar refractivity (Wildman–Crippen MR) is 73.4 cm³/mol. The Kier molecular flexibility index (Phi) is 4.03. The first kappa shape index (κ1) is 13.0. The van der Waals surface area contributed by atoms with Crippen LogP contribution in [0, 0.1) is 0 Å². The van der Waals surface area contributed by atoms with Gasteiger partial charge in [0.1, 0.15) is 11.5 Å². The number of nitrogens with one attached hydrogen (secondary N) is 1. The summed E-state index contributed by atoms with van der Waals surface area (Å²) in [5, 5.41) is 12.4. The first-order chi connectivity index (χ1) is 9.19. The number of carbonyl (C=O) groups excluding carboxylic acids is 1. The van der Waals surface area contributed by atoms with Crippen LogP contribution in [0.4, 0.5) is 5.69 Å². The van der Waals surface area contributed by atoms with Gasteiger partial charge in [-0.05, 0) is 18.2 Å². The van der Waals surface area contributed by atoms with E-state index in [9.17, 15) is 9.90 Å². The highest BCUT2D eigenvalue weighted by atomic mass is 16.5. The Bertz CT molecular complexity index is 581. The topological polar surface area (TPSA) is 58.6 Å². The lowest BCUT2D eigenvalue weighted by molar-refractivity contribution is -0.115. The molecule has 2 aromatic rings. The van der Waals surface area contributed by atoms with Gasteiger partial charge in [0.25, 0.3) is 0 Å². The van der Waals surface area contributed by atoms with E-state index >= 15 is 0 Å². The number of amides is 1. The summed E-state index contributed by atoms with van der Waals surface area (Å²) < 4.78 is 5.08. The molecule has 2 N–H and O–H groups in total. The van der Waals surface area contributed by atoms with Crippen LogP contribution in [0.1, 0.15) is 5.56 Å². The number of phenols is 1. The monoisotopic (exact) mass is 257 g/mol. The second-order valence-corrected chi connectivity index (χ2v) is 4.09. The zero-order valence-corrected chi connectivity index (χ0v) is 10.6. The third kappa shape index (κ3) is 3.48. The van der Waals surface area contributed by atoms with E-state index < -0.39 is 0 Å². The van der Waals surface area contributed by atoms with Gasteiger partial charge in [-0.2, -0.15) is 0 Å². The number of phenolic OH excluding ortho intramolecular Hbond substituents is 1. The fourth-order valence-corrected chi connectivity index (χ4v) is 1.74. The van der Waals surface area contributed by atoms with Crippen LogP contribution < -0.4 is 10.1 Å². The number of ether oxygens (including phenoxy) is 1. The van der Waals surface area contributed by atoms with Gasteiger partial charge in [-0.15, -0.1) is 0 Å². The first-order valence-corrected chi connectivity index (χ1v) is 5.90. The normalized spacial score (nSPS) is 9.95. The number of hydrogen-bond donors (Lipinski definition) is 2. The highest BCUT2D eigenvalue weighted by molar-refractivity contribution is 5.92. The van der Waals surface area contributed by atoms with Crippen molar-refractivity contribution in [1.29, 1.82) is 0 Å². The molecule has 0 aromatic heterocycles. The van der Waals surface area contributed by atoms with Crippen LogP contribution >= 0.6 is 0 Å². The summed E-state index contributed by atoms with van der Waals surface area (Å²) >= 11 is 0. The van der Waals surface area contributed by atoms with Crippen LogP contribution in [-0.4, -0.2) is 18.1 Å². The Labute approximate surface area is 111 Å². The molecule has 0 atom stereocenters. The number of aromatic hydroxyl groups is 1. The molecule has 1 amide bonds. The van der Waals surface area contributed by atoms with Crippen molar-refractivity contribution in [2.24, 2.45) is 0 Å². The van der Waals surface area contributed by atoms with Crippen molar-refractivity contribution >= 4 is 11.6 Å². The fourth-order valence-electron chi connectivity index (χ4n) is 1.74. The Morgan fingerprint density at radius 2 is 2.00 bits per heavy atom. The van der Waals surface area contributed by atoms with Crippen LogP contribution in [0.2, 0.25) is 0 Å². The summed E-state index contributed by atoms with van der Waals surface area (Å²) in [6, 6.07) is 13.9. The van der Waals surface area contributed by atoms with E-state index in [0.29, 0.717) is 17.0 Å². The molecule has 0 radical (unpaired) electrons. The average Bonchev–Trinajstić information content (AvgIpc) is 2.41. The molecule has 0 bridgehead atoms. The van der Waals surface area contributed by atoms with Crippen molar-refractivity contribution in [3.63, 3.8) is 0 Å². The van der Waals surface area contributed by atoms with Crippen molar-refractivity contribution in [2.45, 2.75) is 6.42 Å². The molecule has 2 aromatic carbocycles. The van der Waals surface area contributed by atoms with Crippen LogP contribution in [0.15, 0.2) is 48.5 Å². The minimum Gasteiger partial charge on any atom is -0.508 e. The smallest absolute Gasteiger partial charge is 0.228 e. The summed E-state index contributed by atoms with van der Waals surface area (Å²) in [7, 11) is 1.57. The zero-order chi connectivity index (χ0) is 13.7. The van der Waals surface area contributed by atoms with E-state index in [-0.39, 0.29) is 18.1 Å². The minimum atomic E-state index is -0.185. The lowest BCUT2D eigenvalue weighted by atomic mass is 10.1. The standard InChI is InChI=1S/C15H15NO3/c1-19-13-7-4-6-12(10-13)16-15(18)9-11-5-2-3-8-14(11)17/h2-8,10,17H,9H2,1H3,(H,16,18). The van der Waals surface area contributed by atoms with Gasteiger partial charge in [0.2, 0.25) is 5.91 Å². The van der Waals surface area contributed by atoms with E-state index in [2.05, 4.69) is 5.32 Å². The number of carbonyl (C=O) groups is 1. The molecule has 0 aliphatic rings. The van der Waals surface area contributed by atoms with Gasteiger partial charge in [-0.1, -0.05) is 24.3 Å². The molecule has 0 aliphatic carbocycles. The van der Waals surface area contributed by atoms with E-state index in [4.69, 9.17) is 4.74 Å². The van der Waals surface area contributed by atoms with Crippen LogP contribution in [0.3, 0.4) is 0 Å². The summed E-state index contributed by atoms with van der Waals surface area (Å²) in [4.78, 5) is 11.9. The summed E-state index contributed by atoms with van der Waals surface area (Å²) in [6.07, 6.45) is 0.129. The quantitative estimate of drug-likeness (QED) is 0.885. The van der Waals surface area contributed by atoms with Gasteiger partial charge in [-0.3, -0.25) is 4.79 Å². The van der Waals surface area contributed by atoms with Gasteiger partial charge < -0.3 is 15.2 Å². The van der Waals surface area contributed by atoms with Crippen molar-refractivity contribution < 1.29 is 14.6 Å². The molecule has 98 valence electrons. The highest BCUT2D eigenvalue weighted by Crippen LogP contribution is 2.19. The Morgan fingerprint density at radius 1 is 1.21 bits per heavy atom. The Balaban J connectivity index is 2.03. The molecule has 4 heteroatoms. The third-order valence-corrected chi connectivity index (χ3v) is 2.70. The number of hydrogen-bond acceptors (Lipinski definition) is 3. The lowest BCUT2D eigenvalue weighted by Crippen LogP contribution is -2.14. The molecular weight excluding hydrogens is 242 g/mol. The molecule has 0 fully saturated rings. The molecule has 0 saturated heterocycles. The van der Waals surface area contributed by atoms with E-state index in [1.165, 1.54) is 0 Å². The average molecular weight is 257 g/mol. The van der Waals surface area contributed by atoms with Gasteiger partial charge in [0.15, 0.2) is 0 Å². The maximum atomic E-state index is 11.9. The molecule has 0 saturated carbocycles. The van der Waals surface area contributed by atoms with E-state index in [1.54, 1.807) is 55.6 Å². The molecule has 19 heavy (non-hydrogen) atoms. The van der Waals surface area contributed by atoms with Gasteiger partial charge >= 0.3 is 0 Å². The fraction of sp³-hybridized carbons (Fsp3) is 0.133. The number of methoxy groups -OCH3 is 1. The van der Waals surface area contributed by atoms with Gasteiger partial charge in [0, 0.05) is 17.3 Å². The number of benzene rings is 2. The van der Waals surface area contributed by atoms with Crippen molar-refractivity contribution in [3.05, 3.63) is 54.1 Å². The Morgan fingerprint density at radius 3 is 2.74 bits per heavy atom. The summed E-state index contributed by atoms with van der Waals surface area (Å²) in [5.74, 6) is 0.624. The SMILES string of the molecule is COc1cccc(NC(=O)Cc2ccccc2O)c1. The molecule has 0 unspecified atom stereocenters. The predicted octanol–water partition coefficient (Wildman–Crippen LogP) is 2.58. The number of para-hydroxylation sites is 1. The highest BCUT2D eigenvalue weighted by Gasteiger charge is 2.07. The second-order valence-electron chi connectivity index (χ2n) is 4.09. The van der Waals surface area contributed by atoms with Crippen LogP contribution in [0.25, 0.3) is 0 Å². The molecular formula is C15H15NO3. The van der Waals surface area contributed by atoms with Crippen LogP contribution in [-0.2, 0) is 11.2 Å². The molecule has 4 nitrogen and oxygen atoms in total. The van der Waals surface area contributed by atoms with E-state index in [0.717, 1.165) is 0 Å². The minimum absolute atomic E-state index is 0.128. The van der Waals surface area contributed by atoms with Crippen LogP contribution in [0.5, 0.6) is 11.5 Å². The Hall–Kier alpha value is -2.49. The molecule has 2 rings (SSSR count). The van der Waals surface area contributed by atoms with Gasteiger partial charge in [0.05, 0.1) is 13.5 Å². The third-order valence-electron chi connectivity index (χ3n) is 2.70. The molecule has 0 heterocycles. The summed E-state index contributed by atoms with van der Waals surface area (Å²) in [6.45, 7) is 0. The molecule has 0 aliphatic heterocycles. The van der Waals surface area contributed by atoms with Crippen molar-refractivity contribution in [3.8, 4) is 11.5 Å². The lowest BCUT2D eigenvalue weighted by Gasteiger charge is -2.07. The maximum Gasteiger partial charge on any atom is 0.228 e. The first-order valence-electron chi connectivity index (χ1n) is 5.90. The number of anilines is 1. The summed E-state index contributed by atoms with van der Waals surface area (Å²) in [5.41, 5.74) is 1.27. The largest absolute Gasteiger partial charge is 0.508 e. The maximum absolute atomic E-state index is 11.9.